The van der Waals surface area contributed by atoms with Gasteiger partial charge in [-0.1, -0.05) is 0 Å². The zero-order valence-corrected chi connectivity index (χ0v) is 18.9. The second-order valence-corrected chi connectivity index (χ2v) is 7.33. The summed E-state index contributed by atoms with van der Waals surface area (Å²) >= 11 is 0. The van der Waals surface area contributed by atoms with Crippen LogP contribution in [0.25, 0.3) is 5.95 Å². The van der Waals surface area contributed by atoms with Crippen molar-refractivity contribution in [2.75, 3.05) is 19.0 Å². The molecular weight excluding hydrogens is 469 g/mol. The number of rotatable bonds is 9. The minimum absolute atomic E-state index is 0.0483. The molecule has 2 heterocycles. The van der Waals surface area contributed by atoms with Crippen LogP contribution in [0.2, 0.25) is 0 Å². The molecule has 0 spiro atoms. The number of H-pyrrole nitrogens is 1. The van der Waals surface area contributed by atoms with E-state index in [9.17, 15) is 4.79 Å². The number of nitrogens with one attached hydrogen (secondary N) is 3. The van der Waals surface area contributed by atoms with Gasteiger partial charge in [0.25, 0.3) is 5.95 Å². The van der Waals surface area contributed by atoms with Crippen molar-refractivity contribution in [2.45, 2.75) is 6.04 Å². The molecule has 0 amide bonds. The Balaban J connectivity index is 1.81. The second kappa shape index (κ2) is 10.3. The predicted octanol–water partition coefficient (Wildman–Crippen LogP) is 1.89. The van der Waals surface area contributed by atoms with E-state index in [1.165, 1.54) is 31.6 Å². The van der Waals surface area contributed by atoms with Crippen molar-refractivity contribution in [2.24, 2.45) is 5.73 Å². The predicted molar refractivity (Wildman–Crippen MR) is 127 cm³/mol. The molecule has 0 fully saturated rings. The van der Waals surface area contributed by atoms with Gasteiger partial charge in [-0.15, -0.1) is 9.78 Å². The highest BCUT2D eigenvalue weighted by Crippen LogP contribution is 2.36. The third-order valence-electron chi connectivity index (χ3n) is 5.02. The summed E-state index contributed by atoms with van der Waals surface area (Å²) in [5.41, 5.74) is 6.35. The van der Waals surface area contributed by atoms with Gasteiger partial charge in [0.15, 0.2) is 29.7 Å². The van der Waals surface area contributed by atoms with E-state index < -0.39 is 17.5 Å². The number of aromatic nitrogens is 5. The number of benzene rings is 2. The lowest BCUT2D eigenvalue weighted by Gasteiger charge is -2.20. The van der Waals surface area contributed by atoms with Gasteiger partial charge in [-0.2, -0.15) is 5.26 Å². The Morgan fingerprint density at radius 2 is 2.03 bits per heavy atom. The van der Waals surface area contributed by atoms with Crippen LogP contribution < -0.4 is 26.2 Å². The molecule has 4 aromatic rings. The number of anilines is 1. The monoisotopic (exact) mass is 489 g/mol. The van der Waals surface area contributed by atoms with E-state index in [1.54, 1.807) is 36.4 Å². The first-order valence-corrected chi connectivity index (χ1v) is 10.5. The highest BCUT2D eigenvalue weighted by atomic mass is 19.1. The molecule has 182 valence electrons. The lowest BCUT2D eigenvalue weighted by molar-refractivity contribution is 0.312. The van der Waals surface area contributed by atoms with E-state index in [-0.39, 0.29) is 35.7 Å². The van der Waals surface area contributed by atoms with E-state index in [0.29, 0.717) is 16.8 Å². The summed E-state index contributed by atoms with van der Waals surface area (Å²) in [6, 6.07) is 11.8. The smallest absolute Gasteiger partial charge is 0.350 e. The van der Waals surface area contributed by atoms with Crippen molar-refractivity contribution >= 4 is 11.5 Å². The number of amidine groups is 1. The maximum absolute atomic E-state index is 15.0. The first kappa shape index (κ1) is 23.9. The third-order valence-corrected chi connectivity index (χ3v) is 5.02. The van der Waals surface area contributed by atoms with Crippen LogP contribution >= 0.6 is 0 Å². The molecule has 5 N–H and O–H groups in total. The maximum Gasteiger partial charge on any atom is 0.350 e. The lowest BCUT2D eigenvalue weighted by Crippen LogP contribution is -2.18. The van der Waals surface area contributed by atoms with Crippen molar-refractivity contribution in [3.05, 3.63) is 88.1 Å². The summed E-state index contributed by atoms with van der Waals surface area (Å²) in [5.74, 6) is -0.847. The van der Waals surface area contributed by atoms with Crippen LogP contribution in [0.1, 0.15) is 23.0 Å². The average molecular weight is 489 g/mol. The summed E-state index contributed by atoms with van der Waals surface area (Å²) < 4.78 is 26.5. The standard InChI is InChI=1S/C23H20FN9O3/c1-35-17-12-14(11-16(24)19(17)36-10-7-25)18(30-15-5-3-13(4-6-15)20(26)27)21-31-23(34)33(32-21)22-28-8-2-9-29-22/h2-6,8-9,11-12,18,30H,10H2,1H3,(H3,26,27)(H,31,32,34)/t18-/m0/s1. The molecule has 1 atom stereocenters. The summed E-state index contributed by atoms with van der Waals surface area (Å²) in [5, 5.41) is 23.9. The van der Waals surface area contributed by atoms with Crippen LogP contribution in [0.3, 0.4) is 0 Å². The molecule has 0 aliphatic heterocycles. The number of ether oxygens (including phenoxy) is 2. The molecule has 0 unspecified atom stereocenters. The van der Waals surface area contributed by atoms with Gasteiger partial charge in [-0.3, -0.25) is 10.4 Å². The fraction of sp³-hybridized carbons (Fsp3) is 0.130. The first-order chi connectivity index (χ1) is 17.4. The van der Waals surface area contributed by atoms with E-state index in [1.807, 2.05) is 0 Å². The molecule has 0 aliphatic carbocycles. The van der Waals surface area contributed by atoms with Gasteiger partial charge in [-0.25, -0.2) is 19.2 Å². The van der Waals surface area contributed by atoms with Crippen LogP contribution in [-0.4, -0.2) is 44.3 Å². The molecule has 0 radical (unpaired) electrons. The normalized spacial score (nSPS) is 11.4. The second-order valence-electron chi connectivity index (χ2n) is 7.33. The lowest BCUT2D eigenvalue weighted by atomic mass is 10.0. The van der Waals surface area contributed by atoms with Gasteiger partial charge in [-0.05, 0) is 48.0 Å². The average Bonchev–Trinajstić information content (AvgIpc) is 3.28. The van der Waals surface area contributed by atoms with Gasteiger partial charge in [0, 0.05) is 23.6 Å². The summed E-state index contributed by atoms with van der Waals surface area (Å²) in [6.45, 7) is -0.369. The molecule has 36 heavy (non-hydrogen) atoms. The number of nitrogens with two attached hydrogens (primary N) is 1. The zero-order valence-electron chi connectivity index (χ0n) is 18.9. The van der Waals surface area contributed by atoms with Gasteiger partial charge in [0.2, 0.25) is 0 Å². The number of nitrogens with zero attached hydrogens (tertiary/aromatic N) is 5. The SMILES string of the molecule is COc1cc([C@H](Nc2ccc(C(=N)N)cc2)c2nn(-c3ncccn3)c(=O)[nH]2)cc(F)c1OCC#N. The number of nitrogen functional groups attached to an aromatic ring is 1. The van der Waals surface area contributed by atoms with Crippen LogP contribution in [-0.2, 0) is 0 Å². The van der Waals surface area contributed by atoms with Crippen molar-refractivity contribution in [1.29, 1.82) is 10.7 Å². The van der Waals surface area contributed by atoms with E-state index in [4.69, 9.17) is 25.9 Å². The summed E-state index contributed by atoms with van der Waals surface area (Å²) in [4.78, 5) is 23.4. The van der Waals surface area contributed by atoms with Gasteiger partial charge in [0.1, 0.15) is 17.9 Å². The Morgan fingerprint density at radius 1 is 1.31 bits per heavy atom. The summed E-state index contributed by atoms with van der Waals surface area (Å²) in [7, 11) is 1.34. The number of hydrogen-bond donors (Lipinski definition) is 4. The topological polar surface area (TPSA) is 181 Å². The molecule has 4 rings (SSSR count). The van der Waals surface area contributed by atoms with Crippen LogP contribution in [0.5, 0.6) is 11.5 Å². The number of halogens is 1. The molecule has 2 aromatic carbocycles. The van der Waals surface area contributed by atoms with Crippen molar-refractivity contribution in [3.63, 3.8) is 0 Å². The molecule has 0 saturated heterocycles. The van der Waals surface area contributed by atoms with Gasteiger partial charge in [0.05, 0.1) is 7.11 Å². The molecule has 2 aromatic heterocycles. The zero-order chi connectivity index (χ0) is 25.7. The minimum Gasteiger partial charge on any atom is -0.493 e. The van der Waals surface area contributed by atoms with Crippen molar-refractivity contribution in [3.8, 4) is 23.5 Å². The molecule has 13 heteroatoms. The Bertz CT molecular complexity index is 1480. The Hall–Kier alpha value is -5.25. The Kier molecular flexibility index (Phi) is 6.87. The van der Waals surface area contributed by atoms with E-state index in [2.05, 4.69) is 25.4 Å². The maximum atomic E-state index is 15.0. The van der Waals surface area contributed by atoms with Crippen molar-refractivity contribution in [1.82, 2.24) is 24.7 Å². The van der Waals surface area contributed by atoms with Crippen molar-refractivity contribution < 1.29 is 13.9 Å². The highest BCUT2D eigenvalue weighted by molar-refractivity contribution is 5.95. The quantitative estimate of drug-likeness (QED) is 0.202. The first-order valence-electron chi connectivity index (χ1n) is 10.5. The van der Waals surface area contributed by atoms with Crippen LogP contribution in [0.15, 0.2) is 59.7 Å². The fourth-order valence-electron chi connectivity index (χ4n) is 3.38. The molecular formula is C23H20FN9O3. The minimum atomic E-state index is -0.876. The largest absolute Gasteiger partial charge is 0.493 e. The highest BCUT2D eigenvalue weighted by Gasteiger charge is 2.24. The molecule has 0 aliphatic rings. The number of hydrogen-bond acceptors (Lipinski definition) is 9. The van der Waals surface area contributed by atoms with E-state index >= 15 is 4.39 Å². The van der Waals surface area contributed by atoms with Gasteiger partial charge >= 0.3 is 5.69 Å². The number of aromatic amines is 1. The Morgan fingerprint density at radius 3 is 2.67 bits per heavy atom. The van der Waals surface area contributed by atoms with Gasteiger partial charge < -0.3 is 20.5 Å². The fourth-order valence-corrected chi connectivity index (χ4v) is 3.38. The molecule has 0 saturated carbocycles. The number of nitriles is 1. The number of methoxy groups -OCH3 is 1. The Labute approximate surface area is 203 Å². The molecule has 12 nitrogen and oxygen atoms in total. The summed E-state index contributed by atoms with van der Waals surface area (Å²) in [6.07, 6.45) is 2.94. The van der Waals surface area contributed by atoms with Crippen LogP contribution in [0.4, 0.5) is 10.1 Å². The third kappa shape index (κ3) is 4.97. The molecule has 0 bridgehead atoms. The van der Waals surface area contributed by atoms with Crippen LogP contribution in [0, 0.1) is 22.6 Å². The van der Waals surface area contributed by atoms with E-state index in [0.717, 1.165) is 4.68 Å².